The molecule has 0 aromatic rings. The van der Waals surface area contributed by atoms with Gasteiger partial charge in [-0.25, -0.2) is 0 Å². The maximum absolute atomic E-state index is 13.3. The van der Waals surface area contributed by atoms with E-state index in [0.29, 0.717) is 50.8 Å². The number of hydrogen-bond donors (Lipinski definition) is 4. The number of carbonyl (C=O) groups is 2. The predicted octanol–water partition coefficient (Wildman–Crippen LogP) is 26.6. The number of nitrogens with zero attached hydrogens (tertiary/aromatic N) is 2. The maximum atomic E-state index is 13.3. The van der Waals surface area contributed by atoms with Gasteiger partial charge in [0.2, 0.25) is 0 Å². The van der Waals surface area contributed by atoms with Gasteiger partial charge in [0.15, 0.2) is 10.2 Å². The third-order valence-electron chi connectivity index (χ3n) is 21.1. The first-order valence-electron chi connectivity index (χ1n) is 44.1. The minimum absolute atomic E-state index is 0.122. The van der Waals surface area contributed by atoms with Gasteiger partial charge in [-0.2, -0.15) is 0 Å². The molecule has 0 saturated heterocycles. The van der Waals surface area contributed by atoms with Crippen LogP contribution in [0.4, 0.5) is 0 Å². The van der Waals surface area contributed by atoms with E-state index in [1.807, 2.05) is 0 Å². The summed E-state index contributed by atoms with van der Waals surface area (Å²) in [7, 11) is 0. The van der Waals surface area contributed by atoms with Gasteiger partial charge in [0.05, 0.1) is 30.8 Å². The molecule has 0 aliphatic carbocycles. The van der Waals surface area contributed by atoms with Gasteiger partial charge in [0, 0.05) is 50.8 Å². The number of aliphatic hydroxyl groups excluding tert-OH is 4. The van der Waals surface area contributed by atoms with Crippen molar-refractivity contribution in [1.29, 1.82) is 0 Å². The van der Waals surface area contributed by atoms with E-state index in [-0.39, 0.29) is 16.7 Å². The Hall–Kier alpha value is -0.200. The average Bonchev–Trinajstić information content (AvgIpc) is 2.60. The molecule has 0 heterocycles. The summed E-state index contributed by atoms with van der Waals surface area (Å²) >= 11 is 2.42. The molecule has 0 aromatic carbocycles. The smallest absolute Gasteiger partial charge is 0.197 e. The van der Waals surface area contributed by atoms with E-state index in [1.165, 1.54) is 383 Å². The summed E-state index contributed by atoms with van der Waals surface area (Å²) in [5, 5.41) is 44.9. The number of carbonyl (C=O) groups excluding carboxylic acids is 2. The summed E-state index contributed by atoms with van der Waals surface area (Å²) in [5.74, 6) is 1.05. The van der Waals surface area contributed by atoms with Crippen LogP contribution in [0.25, 0.3) is 0 Å². The fourth-order valence-electron chi connectivity index (χ4n) is 14.6. The highest BCUT2D eigenvalue weighted by Crippen LogP contribution is 2.22. The van der Waals surface area contributed by atoms with Crippen LogP contribution in [0.1, 0.15) is 471 Å². The second-order valence-electron chi connectivity index (χ2n) is 31.1. The Morgan fingerprint density at radius 2 is 0.361 bits per heavy atom. The first-order valence-corrected chi connectivity index (χ1v) is 46.1. The minimum atomic E-state index is -0.465. The number of unbranched alkanes of at least 4 members (excludes halogenated alkanes) is 60. The molecule has 0 amide bonds. The largest absolute Gasteiger partial charge is 0.392 e. The molecule has 8 nitrogen and oxygen atoms in total. The highest BCUT2D eigenvalue weighted by atomic mass is 32.2. The lowest BCUT2D eigenvalue weighted by Gasteiger charge is -2.27. The number of aliphatic hydroxyl groups is 4. The zero-order valence-corrected chi connectivity index (χ0v) is 67.7. The second-order valence-corrected chi connectivity index (χ2v) is 33.4. The van der Waals surface area contributed by atoms with Gasteiger partial charge in [-0.3, -0.25) is 19.4 Å². The Balaban J connectivity index is 5.10. The van der Waals surface area contributed by atoms with Crippen molar-refractivity contribution in [2.45, 2.75) is 495 Å². The second kappa shape index (κ2) is 81.5. The van der Waals surface area contributed by atoms with Gasteiger partial charge in [-0.1, -0.05) is 462 Å². The lowest BCUT2D eigenvalue weighted by atomic mass is 10.0. The maximum Gasteiger partial charge on any atom is 0.197 e. The molecule has 0 aliphatic heterocycles. The van der Waals surface area contributed by atoms with Crippen molar-refractivity contribution in [3.63, 3.8) is 0 Å². The molecule has 0 aliphatic rings. The zero-order chi connectivity index (χ0) is 70.5. The molecule has 0 spiro atoms. The van der Waals surface area contributed by atoms with E-state index in [0.717, 1.165) is 77.0 Å². The van der Waals surface area contributed by atoms with Crippen LogP contribution in [-0.2, 0) is 9.59 Å². The third-order valence-corrected chi connectivity index (χ3v) is 22.8. The Labute approximate surface area is 615 Å². The van der Waals surface area contributed by atoms with Gasteiger partial charge in [-0.05, 0) is 25.7 Å². The summed E-state index contributed by atoms with van der Waals surface area (Å²) in [4.78, 5) is 31.0. The Kier molecular flexibility index (Phi) is 81.3. The van der Waals surface area contributed by atoms with Crippen LogP contribution in [0.3, 0.4) is 0 Å². The fraction of sp³-hybridized carbons (Fsp3) is 0.977. The van der Waals surface area contributed by atoms with Crippen molar-refractivity contribution in [3.8, 4) is 0 Å². The first kappa shape index (κ1) is 96.8. The molecule has 0 bridgehead atoms. The van der Waals surface area contributed by atoms with Crippen molar-refractivity contribution in [2.75, 3.05) is 50.8 Å². The molecule has 0 rings (SSSR count). The van der Waals surface area contributed by atoms with Crippen molar-refractivity contribution < 1.29 is 30.0 Å². The number of thioether (sulfide) groups is 2. The molecule has 0 radical (unpaired) electrons. The number of hydrogen-bond acceptors (Lipinski definition) is 10. The van der Waals surface area contributed by atoms with Gasteiger partial charge in [-0.15, -0.1) is 0 Å². The van der Waals surface area contributed by atoms with Crippen LogP contribution in [0.15, 0.2) is 0 Å². The molecular weight excluding hydrogens is 1230 g/mol. The molecule has 97 heavy (non-hydrogen) atoms. The standard InChI is InChI=1S/C87H174N2O6S2/c1-5-9-13-17-21-25-29-33-37-41-45-49-53-57-61-65-69-82(90)78-88(79-83(91)70-66-62-58-54-50-46-42-38-34-30-26-22-18-14-10-6-2)73-75-96-86(94)77-87(95)97-76-74-89(80-84(92)71-67-63-59-55-51-47-43-39-35-31-27-23-19-15-11-7-3)81-85(93)72-68-64-60-56-52-48-44-40-36-32-28-24-20-16-12-8-4/h82-85,90-93H,5-81H2,1-4H3. The van der Waals surface area contributed by atoms with Gasteiger partial charge in [0.1, 0.15) is 0 Å². The van der Waals surface area contributed by atoms with E-state index < -0.39 is 24.4 Å². The molecule has 4 N–H and O–H groups in total. The highest BCUT2D eigenvalue weighted by molar-refractivity contribution is 8.15. The Bertz CT molecular complexity index is 1330. The van der Waals surface area contributed by atoms with Crippen LogP contribution in [0.2, 0.25) is 0 Å². The van der Waals surface area contributed by atoms with Crippen molar-refractivity contribution in [3.05, 3.63) is 0 Å². The monoisotopic (exact) mass is 1410 g/mol. The summed E-state index contributed by atoms with van der Waals surface area (Å²) in [6, 6.07) is 0. The molecule has 0 saturated carbocycles. The summed E-state index contributed by atoms with van der Waals surface area (Å²) in [6.07, 6.45) is 86.1. The van der Waals surface area contributed by atoms with Gasteiger partial charge >= 0.3 is 0 Å². The molecule has 4 atom stereocenters. The number of rotatable bonds is 84. The third kappa shape index (κ3) is 78.2. The van der Waals surface area contributed by atoms with E-state index >= 15 is 0 Å². The Morgan fingerprint density at radius 3 is 0.505 bits per heavy atom. The SMILES string of the molecule is CCCCCCCCCCCCCCCCCCC(O)CN(CCSC(=O)CC(=O)SCCN(CC(O)CCCCCCCCCCCCCCCCCC)CC(O)CCCCCCCCCCCCCCCCCC)CC(O)CCCCCCCCCCCCCCCCCC. The van der Waals surface area contributed by atoms with Crippen molar-refractivity contribution in [2.24, 2.45) is 0 Å². The van der Waals surface area contributed by atoms with Crippen LogP contribution < -0.4 is 0 Å². The quantitative estimate of drug-likeness (QED) is 0.0346. The molecule has 0 fully saturated rings. The van der Waals surface area contributed by atoms with E-state index in [2.05, 4.69) is 37.5 Å². The average molecular weight is 1410 g/mol. The molecule has 580 valence electrons. The van der Waals surface area contributed by atoms with Gasteiger partial charge in [0.25, 0.3) is 0 Å². The summed E-state index contributed by atoms with van der Waals surface area (Å²) in [6.45, 7) is 12.3. The van der Waals surface area contributed by atoms with Crippen LogP contribution in [-0.4, -0.2) is 116 Å². The molecule has 10 heteroatoms. The van der Waals surface area contributed by atoms with Gasteiger partial charge < -0.3 is 20.4 Å². The zero-order valence-electron chi connectivity index (χ0n) is 66.1. The van der Waals surface area contributed by atoms with Crippen LogP contribution in [0, 0.1) is 0 Å². The minimum Gasteiger partial charge on any atom is -0.392 e. The van der Waals surface area contributed by atoms with Crippen molar-refractivity contribution in [1.82, 2.24) is 9.80 Å². The fourth-order valence-corrected chi connectivity index (χ4v) is 16.3. The summed E-state index contributed by atoms with van der Waals surface area (Å²) < 4.78 is 0. The molecule has 0 aromatic heterocycles. The lowest BCUT2D eigenvalue weighted by molar-refractivity contribution is -0.117. The highest BCUT2D eigenvalue weighted by Gasteiger charge is 2.20. The molecule has 4 unspecified atom stereocenters. The van der Waals surface area contributed by atoms with E-state index in [1.54, 1.807) is 0 Å². The topological polar surface area (TPSA) is 122 Å². The Morgan fingerprint density at radius 1 is 0.227 bits per heavy atom. The normalized spacial score (nSPS) is 13.2. The van der Waals surface area contributed by atoms with Crippen LogP contribution >= 0.6 is 23.5 Å². The first-order chi connectivity index (χ1) is 47.6. The van der Waals surface area contributed by atoms with E-state index in [9.17, 15) is 30.0 Å². The van der Waals surface area contributed by atoms with Crippen molar-refractivity contribution >= 4 is 33.8 Å². The summed E-state index contributed by atoms with van der Waals surface area (Å²) in [5.41, 5.74) is 0. The predicted molar refractivity (Wildman–Crippen MR) is 433 cm³/mol. The van der Waals surface area contributed by atoms with Crippen LogP contribution in [0.5, 0.6) is 0 Å². The molecular formula is C87H174N2O6S2. The van der Waals surface area contributed by atoms with E-state index in [4.69, 9.17) is 0 Å². The lowest BCUT2D eigenvalue weighted by Crippen LogP contribution is -2.39.